The van der Waals surface area contributed by atoms with Crippen LogP contribution in [0.2, 0.25) is 5.02 Å². The highest BCUT2D eigenvalue weighted by atomic mass is 35.5. The van der Waals surface area contributed by atoms with Crippen molar-refractivity contribution in [1.29, 1.82) is 0 Å². The summed E-state index contributed by atoms with van der Waals surface area (Å²) in [7, 11) is 1.37. The number of ether oxygens (including phenoxy) is 1. The Bertz CT molecular complexity index is 946. The summed E-state index contributed by atoms with van der Waals surface area (Å²) < 4.78 is 18.7. The minimum Gasteiger partial charge on any atom is -0.466 e. The zero-order chi connectivity index (χ0) is 19.3. The first kappa shape index (κ1) is 18.0. The first-order valence-electron chi connectivity index (χ1n) is 8.84. The molecule has 2 aromatic rings. The molecule has 0 amide bonds. The predicted molar refractivity (Wildman–Crippen MR) is 101 cm³/mol. The first-order valence-corrected chi connectivity index (χ1v) is 9.22. The summed E-state index contributed by atoms with van der Waals surface area (Å²) in [5, 5.41) is 3.88. The van der Waals surface area contributed by atoms with E-state index >= 15 is 0 Å². The van der Waals surface area contributed by atoms with Gasteiger partial charge in [0.25, 0.3) is 0 Å². The molecule has 4 rings (SSSR count). The van der Waals surface area contributed by atoms with Crippen molar-refractivity contribution in [2.24, 2.45) is 11.8 Å². The molecule has 0 bridgehead atoms. The number of nitrogens with zero attached hydrogens (tertiary/aromatic N) is 1. The zero-order valence-corrected chi connectivity index (χ0v) is 16.0. The highest BCUT2D eigenvalue weighted by Gasteiger charge is 2.69. The molecular weight excluding hydrogens is 367 g/mol. The topological polar surface area (TPSA) is 51.2 Å². The van der Waals surface area contributed by atoms with E-state index in [2.05, 4.69) is 17.2 Å². The average molecular weight is 387 g/mol. The standard InChI is InChI=1S/C21H20ClFN2O2/c1-11-19-18(15-5-4-14(23)10-16(15)22)17(20(26)27-3)12(2)25-21(11,19)13-6-8-24-9-7-13/h4-11,18-19,25H,1-3H3. The van der Waals surface area contributed by atoms with Crippen LogP contribution in [-0.2, 0) is 15.1 Å². The van der Waals surface area contributed by atoms with Gasteiger partial charge in [-0.1, -0.05) is 24.6 Å². The third-order valence-corrected chi connectivity index (χ3v) is 6.33. The lowest BCUT2D eigenvalue weighted by Crippen LogP contribution is -2.39. The molecule has 1 fully saturated rings. The Hall–Kier alpha value is -2.40. The molecule has 1 N–H and O–H groups in total. The number of halogens is 2. The first-order chi connectivity index (χ1) is 12.9. The number of aromatic nitrogens is 1. The van der Waals surface area contributed by atoms with Crippen molar-refractivity contribution in [2.45, 2.75) is 25.3 Å². The highest BCUT2D eigenvalue weighted by Crippen LogP contribution is 2.67. The molecule has 1 aromatic heterocycles. The van der Waals surface area contributed by atoms with E-state index in [1.807, 2.05) is 19.1 Å². The minimum absolute atomic E-state index is 0.0839. The molecule has 0 spiro atoms. The number of methoxy groups -OCH3 is 1. The van der Waals surface area contributed by atoms with Crippen molar-refractivity contribution in [3.63, 3.8) is 0 Å². The van der Waals surface area contributed by atoms with E-state index in [0.29, 0.717) is 10.6 Å². The Morgan fingerprint density at radius 2 is 2.00 bits per heavy atom. The number of hydrogen-bond donors (Lipinski definition) is 1. The van der Waals surface area contributed by atoms with Crippen molar-refractivity contribution in [3.05, 3.63) is 76.0 Å². The number of nitrogens with one attached hydrogen (secondary N) is 1. The maximum absolute atomic E-state index is 13.6. The van der Waals surface area contributed by atoms with Gasteiger partial charge in [0.2, 0.25) is 0 Å². The Labute approximate surface area is 162 Å². The summed E-state index contributed by atoms with van der Waals surface area (Å²) in [4.78, 5) is 16.7. The summed E-state index contributed by atoms with van der Waals surface area (Å²) in [6.45, 7) is 4.02. The Morgan fingerprint density at radius 3 is 2.63 bits per heavy atom. The van der Waals surface area contributed by atoms with Crippen LogP contribution in [0.4, 0.5) is 4.39 Å². The third-order valence-electron chi connectivity index (χ3n) is 6.00. The molecule has 1 saturated carbocycles. The smallest absolute Gasteiger partial charge is 0.336 e. The molecule has 1 aliphatic carbocycles. The van der Waals surface area contributed by atoms with Crippen LogP contribution in [0, 0.1) is 17.7 Å². The quantitative estimate of drug-likeness (QED) is 0.804. The van der Waals surface area contributed by atoms with Crippen LogP contribution in [0.3, 0.4) is 0 Å². The van der Waals surface area contributed by atoms with E-state index < -0.39 is 11.8 Å². The molecule has 1 aliphatic heterocycles. The molecule has 4 atom stereocenters. The van der Waals surface area contributed by atoms with Crippen LogP contribution in [0.25, 0.3) is 0 Å². The second-order valence-electron chi connectivity index (χ2n) is 7.22. The molecule has 27 heavy (non-hydrogen) atoms. The molecule has 0 saturated heterocycles. The lowest BCUT2D eigenvalue weighted by atomic mass is 9.80. The van der Waals surface area contributed by atoms with Gasteiger partial charge >= 0.3 is 5.97 Å². The maximum atomic E-state index is 13.6. The van der Waals surface area contributed by atoms with Gasteiger partial charge in [-0.15, -0.1) is 0 Å². The van der Waals surface area contributed by atoms with Crippen molar-refractivity contribution >= 4 is 17.6 Å². The third kappa shape index (κ3) is 2.56. The van der Waals surface area contributed by atoms with Crippen LogP contribution in [-0.4, -0.2) is 18.1 Å². The van der Waals surface area contributed by atoms with Gasteiger partial charge in [0.15, 0.2) is 0 Å². The van der Waals surface area contributed by atoms with Gasteiger partial charge in [-0.05, 0) is 48.2 Å². The van der Waals surface area contributed by atoms with E-state index in [4.69, 9.17) is 16.3 Å². The Balaban J connectivity index is 1.91. The van der Waals surface area contributed by atoms with Crippen LogP contribution in [0.5, 0.6) is 0 Å². The summed E-state index contributed by atoms with van der Waals surface area (Å²) in [5.41, 5.74) is 2.84. The minimum atomic E-state index is -0.401. The SMILES string of the molecule is COC(=O)C1=C(C)NC2(c3ccncc3)C(C)C2C1c1ccc(F)cc1Cl. The number of allylic oxidation sites excluding steroid dienone is 1. The largest absolute Gasteiger partial charge is 0.466 e. The fourth-order valence-electron chi connectivity index (χ4n) is 4.78. The number of fused-ring (bicyclic) bond motifs is 1. The van der Waals surface area contributed by atoms with Gasteiger partial charge in [0.1, 0.15) is 5.82 Å². The predicted octanol–water partition coefficient (Wildman–Crippen LogP) is 4.17. The number of carbonyl (C=O) groups excluding carboxylic acids is 1. The summed E-state index contributed by atoms with van der Waals surface area (Å²) >= 11 is 6.40. The normalized spacial score (nSPS) is 29.0. The molecule has 4 unspecified atom stereocenters. The van der Waals surface area contributed by atoms with Gasteiger partial charge in [0.05, 0.1) is 18.2 Å². The summed E-state index contributed by atoms with van der Waals surface area (Å²) in [6.07, 6.45) is 3.53. The van der Waals surface area contributed by atoms with E-state index in [9.17, 15) is 9.18 Å². The summed E-state index contributed by atoms with van der Waals surface area (Å²) in [6, 6.07) is 8.33. The van der Waals surface area contributed by atoms with E-state index in [-0.39, 0.29) is 23.3 Å². The van der Waals surface area contributed by atoms with Crippen LogP contribution < -0.4 is 5.32 Å². The number of benzene rings is 1. The number of hydrogen-bond acceptors (Lipinski definition) is 4. The van der Waals surface area contributed by atoms with Gasteiger partial charge in [-0.2, -0.15) is 0 Å². The average Bonchev–Trinajstić information content (AvgIpc) is 3.26. The van der Waals surface area contributed by atoms with Gasteiger partial charge in [-0.25, -0.2) is 9.18 Å². The molecular formula is C21H20ClFN2O2. The van der Waals surface area contributed by atoms with Crippen molar-refractivity contribution in [1.82, 2.24) is 10.3 Å². The highest BCUT2D eigenvalue weighted by molar-refractivity contribution is 6.31. The number of esters is 1. The molecule has 0 radical (unpaired) electrons. The molecule has 6 heteroatoms. The van der Waals surface area contributed by atoms with Crippen molar-refractivity contribution in [2.75, 3.05) is 7.11 Å². The fraction of sp³-hybridized carbons (Fsp3) is 0.333. The maximum Gasteiger partial charge on any atom is 0.336 e. The summed E-state index contributed by atoms with van der Waals surface area (Å²) in [5.74, 6) is -0.756. The number of pyridine rings is 1. The Morgan fingerprint density at radius 1 is 1.30 bits per heavy atom. The van der Waals surface area contributed by atoms with Gasteiger partial charge in [0, 0.05) is 34.9 Å². The molecule has 1 aromatic carbocycles. The lowest BCUT2D eigenvalue weighted by Gasteiger charge is -2.33. The van der Waals surface area contributed by atoms with E-state index in [1.165, 1.54) is 19.2 Å². The second-order valence-corrected chi connectivity index (χ2v) is 7.63. The monoisotopic (exact) mass is 386 g/mol. The van der Waals surface area contributed by atoms with Gasteiger partial charge < -0.3 is 10.1 Å². The van der Waals surface area contributed by atoms with Crippen LogP contribution in [0.15, 0.2) is 54.0 Å². The molecule has 2 aliphatic rings. The van der Waals surface area contributed by atoms with Crippen LogP contribution >= 0.6 is 11.6 Å². The van der Waals surface area contributed by atoms with Crippen molar-refractivity contribution < 1.29 is 13.9 Å². The molecule has 140 valence electrons. The zero-order valence-electron chi connectivity index (χ0n) is 15.3. The number of rotatable bonds is 3. The fourth-order valence-corrected chi connectivity index (χ4v) is 5.07. The molecule has 4 nitrogen and oxygen atoms in total. The Kier molecular flexibility index (Phi) is 4.22. The van der Waals surface area contributed by atoms with E-state index in [0.717, 1.165) is 16.8 Å². The lowest BCUT2D eigenvalue weighted by molar-refractivity contribution is -0.136. The number of carbonyl (C=O) groups is 1. The van der Waals surface area contributed by atoms with Crippen molar-refractivity contribution in [3.8, 4) is 0 Å². The van der Waals surface area contributed by atoms with Gasteiger partial charge in [-0.3, -0.25) is 4.98 Å². The second kappa shape index (κ2) is 6.34. The van der Waals surface area contributed by atoms with E-state index in [1.54, 1.807) is 18.5 Å². The molecule has 2 heterocycles. The van der Waals surface area contributed by atoms with Crippen LogP contribution in [0.1, 0.15) is 30.9 Å².